The Kier molecular flexibility index (Phi) is 6.89. The van der Waals surface area contributed by atoms with Crippen LogP contribution in [0.4, 0.5) is 5.69 Å². The van der Waals surface area contributed by atoms with E-state index in [2.05, 4.69) is 12.2 Å². The first-order valence-corrected chi connectivity index (χ1v) is 11.4. The van der Waals surface area contributed by atoms with E-state index < -0.39 is 10.0 Å². The summed E-state index contributed by atoms with van der Waals surface area (Å²) in [6.45, 7) is 3.36. The molecule has 2 fully saturated rings. The van der Waals surface area contributed by atoms with Crippen molar-refractivity contribution >= 4 is 21.6 Å². The maximum absolute atomic E-state index is 12.6. The predicted molar refractivity (Wildman–Crippen MR) is 105 cm³/mol. The first kappa shape index (κ1) is 20.3. The average Bonchev–Trinajstić information content (AvgIpc) is 2.68. The minimum Gasteiger partial charge on any atom is -0.368 e. The topological polar surface area (TPSA) is 75.7 Å². The Morgan fingerprint density at radius 3 is 2.41 bits per heavy atom. The van der Waals surface area contributed by atoms with E-state index in [9.17, 15) is 13.2 Å². The molecule has 1 heterocycles. The Labute approximate surface area is 162 Å². The van der Waals surface area contributed by atoms with Gasteiger partial charge in [-0.25, -0.2) is 8.42 Å². The number of nitrogens with zero attached hydrogens (tertiary/aromatic N) is 1. The summed E-state index contributed by atoms with van der Waals surface area (Å²) in [4.78, 5) is 12.4. The molecule has 0 spiro atoms. The standard InChI is InChI=1S/C20H30N2O4S/c1-16-7-3-4-8-19(16)26-15-20(23)21-17-9-11-18(12-10-17)27(24,25)22-13-5-2-6-14-22/h9-12,16,19H,2-8,13-15H2,1H3,(H,21,23). The van der Waals surface area contributed by atoms with Gasteiger partial charge >= 0.3 is 0 Å². The van der Waals surface area contributed by atoms with E-state index in [4.69, 9.17) is 4.74 Å². The lowest BCUT2D eigenvalue weighted by Gasteiger charge is -2.28. The number of sulfonamides is 1. The van der Waals surface area contributed by atoms with Gasteiger partial charge in [-0.3, -0.25) is 4.79 Å². The molecule has 1 N–H and O–H groups in total. The smallest absolute Gasteiger partial charge is 0.250 e. The molecule has 1 amide bonds. The summed E-state index contributed by atoms with van der Waals surface area (Å²) in [6, 6.07) is 6.39. The van der Waals surface area contributed by atoms with Crippen LogP contribution >= 0.6 is 0 Å². The quantitative estimate of drug-likeness (QED) is 0.802. The number of ether oxygens (including phenoxy) is 1. The van der Waals surface area contributed by atoms with Crippen molar-refractivity contribution in [3.63, 3.8) is 0 Å². The van der Waals surface area contributed by atoms with Gasteiger partial charge in [0.1, 0.15) is 6.61 Å². The second-order valence-electron chi connectivity index (χ2n) is 7.65. The van der Waals surface area contributed by atoms with Gasteiger partial charge in [0.05, 0.1) is 11.0 Å². The molecule has 1 saturated carbocycles. The zero-order chi connectivity index (χ0) is 19.3. The molecule has 2 atom stereocenters. The van der Waals surface area contributed by atoms with Crippen LogP contribution in [0.2, 0.25) is 0 Å². The zero-order valence-electron chi connectivity index (χ0n) is 16.0. The van der Waals surface area contributed by atoms with Gasteiger partial charge in [0.25, 0.3) is 0 Å². The van der Waals surface area contributed by atoms with E-state index in [1.807, 2.05) is 0 Å². The molecule has 1 aliphatic carbocycles. The van der Waals surface area contributed by atoms with Gasteiger partial charge in [-0.1, -0.05) is 26.2 Å². The normalized spacial score (nSPS) is 24.5. The van der Waals surface area contributed by atoms with E-state index >= 15 is 0 Å². The SMILES string of the molecule is CC1CCCCC1OCC(=O)Nc1ccc(S(=O)(=O)N2CCCCC2)cc1. The molecule has 1 aliphatic heterocycles. The molecule has 0 aromatic heterocycles. The fourth-order valence-electron chi connectivity index (χ4n) is 3.87. The highest BCUT2D eigenvalue weighted by Crippen LogP contribution is 2.26. The van der Waals surface area contributed by atoms with Crippen molar-refractivity contribution in [1.82, 2.24) is 4.31 Å². The second kappa shape index (κ2) is 9.17. The first-order chi connectivity index (χ1) is 13.0. The Hall–Kier alpha value is -1.44. The summed E-state index contributed by atoms with van der Waals surface area (Å²) in [5.74, 6) is 0.283. The summed E-state index contributed by atoms with van der Waals surface area (Å²) in [6.07, 6.45) is 7.61. The number of piperidine rings is 1. The van der Waals surface area contributed by atoms with Crippen molar-refractivity contribution in [3.8, 4) is 0 Å². The van der Waals surface area contributed by atoms with E-state index in [1.165, 1.54) is 6.42 Å². The Bertz CT molecular complexity index is 727. The lowest BCUT2D eigenvalue weighted by atomic mass is 9.88. The lowest BCUT2D eigenvalue weighted by Crippen LogP contribution is -2.35. The summed E-state index contributed by atoms with van der Waals surface area (Å²) >= 11 is 0. The number of amides is 1. The lowest BCUT2D eigenvalue weighted by molar-refractivity contribution is -0.124. The summed E-state index contributed by atoms with van der Waals surface area (Å²) < 4.78 is 32.6. The molecule has 150 valence electrons. The molecule has 3 rings (SSSR count). The van der Waals surface area contributed by atoms with Gasteiger partial charge in [0.2, 0.25) is 15.9 Å². The van der Waals surface area contributed by atoms with Crippen LogP contribution in [0.3, 0.4) is 0 Å². The van der Waals surface area contributed by atoms with Crippen molar-refractivity contribution in [3.05, 3.63) is 24.3 Å². The predicted octanol–water partition coefficient (Wildman–Crippen LogP) is 3.40. The third-order valence-corrected chi connectivity index (χ3v) is 7.47. The molecule has 27 heavy (non-hydrogen) atoms. The molecule has 0 radical (unpaired) electrons. The van der Waals surface area contributed by atoms with Gasteiger partial charge in [-0.05, 0) is 55.9 Å². The summed E-state index contributed by atoms with van der Waals surface area (Å²) in [5, 5.41) is 2.78. The zero-order valence-corrected chi connectivity index (χ0v) is 16.8. The third-order valence-electron chi connectivity index (χ3n) is 5.55. The highest BCUT2D eigenvalue weighted by molar-refractivity contribution is 7.89. The van der Waals surface area contributed by atoms with E-state index in [0.29, 0.717) is 24.7 Å². The van der Waals surface area contributed by atoms with Crippen molar-refractivity contribution in [2.24, 2.45) is 5.92 Å². The highest BCUT2D eigenvalue weighted by Gasteiger charge is 2.26. The van der Waals surface area contributed by atoms with Gasteiger partial charge in [-0.15, -0.1) is 0 Å². The van der Waals surface area contributed by atoms with Gasteiger partial charge in [0, 0.05) is 18.8 Å². The number of rotatable bonds is 6. The minimum absolute atomic E-state index is 0.0306. The van der Waals surface area contributed by atoms with Gasteiger partial charge < -0.3 is 10.1 Å². The average molecular weight is 395 g/mol. The van der Waals surface area contributed by atoms with E-state index in [1.54, 1.807) is 28.6 Å². The number of benzene rings is 1. The van der Waals surface area contributed by atoms with Crippen molar-refractivity contribution in [1.29, 1.82) is 0 Å². The molecule has 2 aliphatic rings. The summed E-state index contributed by atoms with van der Waals surface area (Å²) in [7, 11) is -3.44. The summed E-state index contributed by atoms with van der Waals surface area (Å²) in [5.41, 5.74) is 0.581. The van der Waals surface area contributed by atoms with Crippen LogP contribution in [0, 0.1) is 5.92 Å². The molecule has 2 unspecified atom stereocenters. The van der Waals surface area contributed by atoms with E-state index in [0.717, 1.165) is 38.5 Å². The van der Waals surface area contributed by atoms with Crippen molar-refractivity contribution < 1.29 is 17.9 Å². The van der Waals surface area contributed by atoms with Crippen LogP contribution in [0.1, 0.15) is 51.9 Å². The van der Waals surface area contributed by atoms with Crippen LogP contribution in [-0.4, -0.2) is 44.4 Å². The van der Waals surface area contributed by atoms with Crippen molar-refractivity contribution in [2.75, 3.05) is 25.0 Å². The van der Waals surface area contributed by atoms with Crippen LogP contribution in [-0.2, 0) is 19.6 Å². The maximum atomic E-state index is 12.6. The van der Waals surface area contributed by atoms with Crippen LogP contribution in [0.15, 0.2) is 29.2 Å². The monoisotopic (exact) mass is 394 g/mol. The third kappa shape index (κ3) is 5.30. The molecule has 6 nitrogen and oxygen atoms in total. The van der Waals surface area contributed by atoms with Crippen LogP contribution < -0.4 is 5.32 Å². The minimum atomic E-state index is -3.44. The Morgan fingerprint density at radius 2 is 1.74 bits per heavy atom. The molecule has 0 bridgehead atoms. The Balaban J connectivity index is 1.53. The number of carbonyl (C=O) groups is 1. The van der Waals surface area contributed by atoms with Gasteiger partial charge in [-0.2, -0.15) is 4.31 Å². The molecule has 1 aromatic carbocycles. The largest absolute Gasteiger partial charge is 0.368 e. The molecule has 1 saturated heterocycles. The number of anilines is 1. The molecule has 7 heteroatoms. The number of carbonyl (C=O) groups excluding carboxylic acids is 1. The maximum Gasteiger partial charge on any atom is 0.250 e. The first-order valence-electron chi connectivity index (χ1n) is 9.98. The van der Waals surface area contributed by atoms with Crippen molar-refractivity contribution in [2.45, 2.75) is 62.9 Å². The van der Waals surface area contributed by atoms with Gasteiger partial charge in [0.15, 0.2) is 0 Å². The molecular weight excluding hydrogens is 364 g/mol. The Morgan fingerprint density at radius 1 is 1.07 bits per heavy atom. The fourth-order valence-corrected chi connectivity index (χ4v) is 5.39. The van der Waals surface area contributed by atoms with Crippen LogP contribution in [0.5, 0.6) is 0 Å². The van der Waals surface area contributed by atoms with E-state index in [-0.39, 0.29) is 23.5 Å². The second-order valence-corrected chi connectivity index (χ2v) is 9.59. The highest BCUT2D eigenvalue weighted by atomic mass is 32.2. The number of hydrogen-bond acceptors (Lipinski definition) is 4. The fraction of sp³-hybridized carbons (Fsp3) is 0.650. The molecular formula is C20H30N2O4S. The molecule has 1 aromatic rings. The number of nitrogens with one attached hydrogen (secondary N) is 1. The van der Waals surface area contributed by atoms with Crippen LogP contribution in [0.25, 0.3) is 0 Å². The number of hydrogen-bond donors (Lipinski definition) is 1.